The van der Waals surface area contributed by atoms with Gasteiger partial charge in [0.1, 0.15) is 6.61 Å². The minimum atomic E-state index is -0.719. The summed E-state index contributed by atoms with van der Waals surface area (Å²) < 4.78 is 18.2. The van der Waals surface area contributed by atoms with E-state index in [1.165, 1.54) is 11.3 Å². The number of para-hydroxylation sites is 2. The van der Waals surface area contributed by atoms with Gasteiger partial charge in [-0.1, -0.05) is 35.1 Å². The second-order valence-corrected chi connectivity index (χ2v) is 9.22. The van der Waals surface area contributed by atoms with Crippen LogP contribution in [0, 0.1) is 0 Å². The van der Waals surface area contributed by atoms with Gasteiger partial charge in [-0.3, -0.25) is 14.6 Å². The first kappa shape index (κ1) is 21.5. The van der Waals surface area contributed by atoms with E-state index in [2.05, 4.69) is 4.90 Å². The summed E-state index contributed by atoms with van der Waals surface area (Å²) >= 11 is 7.62. The van der Waals surface area contributed by atoms with E-state index in [0.717, 1.165) is 49.5 Å². The van der Waals surface area contributed by atoms with Crippen molar-refractivity contribution >= 4 is 44.2 Å². The third-order valence-corrected chi connectivity index (χ3v) is 6.86. The first-order valence-corrected chi connectivity index (χ1v) is 11.9. The Morgan fingerprint density at radius 2 is 2.00 bits per heavy atom. The van der Waals surface area contributed by atoms with Crippen LogP contribution in [-0.4, -0.2) is 67.9 Å². The van der Waals surface area contributed by atoms with Crippen LogP contribution in [0.15, 0.2) is 42.5 Å². The number of amides is 1. The number of rotatable bonds is 6. The highest BCUT2D eigenvalue weighted by atomic mass is 35.5. The second-order valence-electron chi connectivity index (χ2n) is 7.77. The standard InChI is InChI=1S/C23H24ClN3O4S/c24-16-6-7-17-21(14-16)32-23(25-17)27(9-3-8-26-10-12-29-13-11-26)22(28)20-15-30-18-4-1-2-5-19(18)31-20/h1-2,4-7,14,20H,3,8-13,15H2. The van der Waals surface area contributed by atoms with Crippen molar-refractivity contribution in [3.8, 4) is 11.5 Å². The molecule has 0 N–H and O–H groups in total. The van der Waals surface area contributed by atoms with Crippen LogP contribution in [0.4, 0.5) is 5.13 Å². The average Bonchev–Trinajstić information content (AvgIpc) is 3.24. The lowest BCUT2D eigenvalue weighted by atomic mass is 10.2. The number of halogens is 1. The lowest BCUT2D eigenvalue weighted by molar-refractivity contribution is -0.127. The summed E-state index contributed by atoms with van der Waals surface area (Å²) in [6, 6.07) is 13.0. The van der Waals surface area contributed by atoms with Gasteiger partial charge >= 0.3 is 0 Å². The fourth-order valence-corrected chi connectivity index (χ4v) is 5.17. The Hall–Kier alpha value is -2.39. The predicted octanol–water partition coefficient (Wildman–Crippen LogP) is 3.85. The number of fused-ring (bicyclic) bond motifs is 2. The number of hydrogen-bond donors (Lipinski definition) is 0. The van der Waals surface area contributed by atoms with Crippen molar-refractivity contribution < 1.29 is 19.0 Å². The second kappa shape index (κ2) is 9.62. The monoisotopic (exact) mass is 473 g/mol. The van der Waals surface area contributed by atoms with Crippen LogP contribution in [0.5, 0.6) is 11.5 Å². The normalized spacial score (nSPS) is 18.6. The summed E-state index contributed by atoms with van der Waals surface area (Å²) in [4.78, 5) is 22.4. The summed E-state index contributed by atoms with van der Waals surface area (Å²) in [6.45, 7) is 4.97. The van der Waals surface area contributed by atoms with Crippen LogP contribution in [0.1, 0.15) is 6.42 Å². The van der Waals surface area contributed by atoms with Crippen molar-refractivity contribution in [2.45, 2.75) is 12.5 Å². The minimum Gasteiger partial charge on any atom is -0.485 e. The Labute approximate surface area is 195 Å². The molecule has 3 aromatic rings. The predicted molar refractivity (Wildman–Crippen MR) is 125 cm³/mol. The van der Waals surface area contributed by atoms with Gasteiger partial charge in [0.05, 0.1) is 23.4 Å². The van der Waals surface area contributed by atoms with Gasteiger partial charge in [0.25, 0.3) is 5.91 Å². The number of morpholine rings is 1. The Morgan fingerprint density at radius 3 is 2.84 bits per heavy atom. The maximum absolute atomic E-state index is 13.6. The van der Waals surface area contributed by atoms with Gasteiger partial charge in [0, 0.05) is 31.2 Å². The molecule has 0 radical (unpaired) electrons. The van der Waals surface area contributed by atoms with E-state index in [1.807, 2.05) is 42.5 Å². The molecule has 1 amide bonds. The van der Waals surface area contributed by atoms with E-state index in [9.17, 15) is 4.79 Å². The number of nitrogens with zero attached hydrogens (tertiary/aromatic N) is 3. The van der Waals surface area contributed by atoms with Crippen LogP contribution >= 0.6 is 22.9 Å². The SMILES string of the molecule is O=C(C1COc2ccccc2O1)N(CCCN1CCOCC1)c1nc2ccc(Cl)cc2s1. The van der Waals surface area contributed by atoms with Gasteiger partial charge in [0.15, 0.2) is 16.6 Å². The van der Waals surface area contributed by atoms with E-state index in [-0.39, 0.29) is 12.5 Å². The number of hydrogen-bond acceptors (Lipinski definition) is 7. The fourth-order valence-electron chi connectivity index (χ4n) is 3.89. The molecule has 1 unspecified atom stereocenters. The van der Waals surface area contributed by atoms with Crippen LogP contribution in [0.2, 0.25) is 5.02 Å². The molecule has 3 heterocycles. The van der Waals surface area contributed by atoms with Crippen molar-refractivity contribution in [1.29, 1.82) is 0 Å². The van der Waals surface area contributed by atoms with E-state index in [1.54, 1.807) is 4.90 Å². The molecule has 0 spiro atoms. The quantitative estimate of drug-likeness (QED) is 0.542. The number of thiazole rings is 1. The van der Waals surface area contributed by atoms with E-state index in [4.69, 9.17) is 30.8 Å². The van der Waals surface area contributed by atoms with Crippen molar-refractivity contribution in [1.82, 2.24) is 9.88 Å². The minimum absolute atomic E-state index is 0.147. The average molecular weight is 474 g/mol. The van der Waals surface area contributed by atoms with Crippen LogP contribution in [-0.2, 0) is 9.53 Å². The Bertz CT molecular complexity index is 1100. The fraction of sp³-hybridized carbons (Fsp3) is 0.391. The van der Waals surface area contributed by atoms with E-state index in [0.29, 0.717) is 28.2 Å². The molecule has 9 heteroatoms. The van der Waals surface area contributed by atoms with Crippen molar-refractivity contribution in [3.63, 3.8) is 0 Å². The maximum Gasteiger partial charge on any atom is 0.273 e. The molecule has 1 fully saturated rings. The summed E-state index contributed by atoms with van der Waals surface area (Å²) in [6.07, 6.45) is 0.107. The van der Waals surface area contributed by atoms with E-state index >= 15 is 0 Å². The molecule has 1 saturated heterocycles. The first-order chi connectivity index (χ1) is 15.7. The van der Waals surface area contributed by atoms with Crippen LogP contribution < -0.4 is 14.4 Å². The van der Waals surface area contributed by atoms with Gasteiger partial charge in [0.2, 0.25) is 6.10 Å². The summed E-state index contributed by atoms with van der Waals surface area (Å²) in [5.74, 6) is 1.10. The molecular weight excluding hydrogens is 450 g/mol. The van der Waals surface area contributed by atoms with Gasteiger partial charge in [-0.25, -0.2) is 4.98 Å². The number of ether oxygens (including phenoxy) is 3. The number of carbonyl (C=O) groups excluding carboxylic acids is 1. The molecule has 7 nitrogen and oxygen atoms in total. The summed E-state index contributed by atoms with van der Waals surface area (Å²) in [5.41, 5.74) is 0.825. The summed E-state index contributed by atoms with van der Waals surface area (Å²) in [7, 11) is 0. The Morgan fingerprint density at radius 1 is 1.19 bits per heavy atom. The van der Waals surface area contributed by atoms with Gasteiger partial charge in [-0.2, -0.15) is 0 Å². The maximum atomic E-state index is 13.6. The molecule has 2 aliphatic heterocycles. The first-order valence-electron chi connectivity index (χ1n) is 10.7. The smallest absolute Gasteiger partial charge is 0.273 e. The van der Waals surface area contributed by atoms with Gasteiger partial charge in [-0.05, 0) is 36.8 Å². The van der Waals surface area contributed by atoms with Gasteiger partial charge < -0.3 is 14.2 Å². The molecule has 0 aliphatic carbocycles. The van der Waals surface area contributed by atoms with Crippen LogP contribution in [0.3, 0.4) is 0 Å². The van der Waals surface area contributed by atoms with Crippen molar-refractivity contribution in [2.75, 3.05) is 50.9 Å². The lowest BCUT2D eigenvalue weighted by Gasteiger charge is -2.31. The molecule has 5 rings (SSSR count). The zero-order chi connectivity index (χ0) is 21.9. The molecule has 168 valence electrons. The molecule has 1 atom stereocenters. The number of benzene rings is 2. The molecule has 1 aromatic heterocycles. The Kier molecular flexibility index (Phi) is 6.45. The highest BCUT2D eigenvalue weighted by Crippen LogP contribution is 2.34. The lowest BCUT2D eigenvalue weighted by Crippen LogP contribution is -2.47. The molecule has 32 heavy (non-hydrogen) atoms. The third kappa shape index (κ3) is 4.68. The molecule has 2 aliphatic rings. The number of carbonyl (C=O) groups is 1. The Balaban J connectivity index is 1.36. The number of aromatic nitrogens is 1. The van der Waals surface area contributed by atoms with Crippen molar-refractivity contribution in [2.24, 2.45) is 0 Å². The van der Waals surface area contributed by atoms with Gasteiger partial charge in [-0.15, -0.1) is 0 Å². The third-order valence-electron chi connectivity index (χ3n) is 5.58. The highest BCUT2D eigenvalue weighted by Gasteiger charge is 2.33. The highest BCUT2D eigenvalue weighted by molar-refractivity contribution is 7.22. The molecular formula is C23H24ClN3O4S. The van der Waals surface area contributed by atoms with Crippen LogP contribution in [0.25, 0.3) is 10.2 Å². The molecule has 0 saturated carbocycles. The molecule has 0 bridgehead atoms. The topological polar surface area (TPSA) is 64.1 Å². The van der Waals surface area contributed by atoms with E-state index < -0.39 is 6.10 Å². The zero-order valence-electron chi connectivity index (χ0n) is 17.5. The molecule has 2 aromatic carbocycles. The zero-order valence-corrected chi connectivity index (χ0v) is 19.1. The van der Waals surface area contributed by atoms with Crippen molar-refractivity contribution in [3.05, 3.63) is 47.5 Å². The number of anilines is 1. The summed E-state index contributed by atoms with van der Waals surface area (Å²) in [5, 5.41) is 1.30. The largest absolute Gasteiger partial charge is 0.485 e.